The second kappa shape index (κ2) is 8.87. The summed E-state index contributed by atoms with van der Waals surface area (Å²) in [4.78, 5) is 25.2. The third-order valence-corrected chi connectivity index (χ3v) is 8.06. The zero-order valence-electron chi connectivity index (χ0n) is 18.7. The highest BCUT2D eigenvalue weighted by molar-refractivity contribution is 6.32. The number of amides is 1. The number of nitrogens with one attached hydrogen (secondary N) is 2. The first kappa shape index (κ1) is 22.8. The van der Waals surface area contributed by atoms with Crippen LogP contribution in [0, 0.1) is 23.2 Å². The second-order valence-corrected chi connectivity index (χ2v) is 10.1. The second-order valence-electron chi connectivity index (χ2n) is 9.75. The van der Waals surface area contributed by atoms with Gasteiger partial charge in [0.2, 0.25) is 5.91 Å². The number of carbonyl (C=O) groups excluding carboxylic acids is 1. The van der Waals surface area contributed by atoms with E-state index in [-0.39, 0.29) is 24.2 Å². The molecule has 0 radical (unpaired) electrons. The Bertz CT molecular complexity index is 1040. The van der Waals surface area contributed by atoms with Crippen LogP contribution in [0.5, 0.6) is 0 Å². The molecule has 0 aliphatic heterocycles. The molecule has 3 aliphatic carbocycles. The van der Waals surface area contributed by atoms with Gasteiger partial charge < -0.3 is 15.7 Å². The lowest BCUT2D eigenvalue weighted by Crippen LogP contribution is -2.58. The highest BCUT2D eigenvalue weighted by atomic mass is 35.5. The Morgan fingerprint density at radius 2 is 2.03 bits per heavy atom. The fourth-order valence-electron chi connectivity index (χ4n) is 5.51. The van der Waals surface area contributed by atoms with Crippen LogP contribution in [0.3, 0.4) is 0 Å². The van der Waals surface area contributed by atoms with Crippen LogP contribution in [-0.4, -0.2) is 33.4 Å². The first-order valence-electron chi connectivity index (χ1n) is 11.2. The fraction of sp³-hybridized carbons (Fsp3) is 0.542. The quantitative estimate of drug-likeness (QED) is 0.592. The number of rotatable bonds is 7. The highest BCUT2D eigenvalue weighted by Crippen LogP contribution is 2.61. The summed E-state index contributed by atoms with van der Waals surface area (Å²) >= 11 is 6.37. The average Bonchev–Trinajstić information content (AvgIpc) is 2.78. The van der Waals surface area contributed by atoms with Gasteiger partial charge in [-0.15, -0.1) is 0 Å². The van der Waals surface area contributed by atoms with E-state index in [1.807, 2.05) is 30.3 Å². The largest absolute Gasteiger partial charge is 0.394 e. The van der Waals surface area contributed by atoms with Crippen LogP contribution in [0.4, 0.5) is 5.69 Å². The summed E-state index contributed by atoms with van der Waals surface area (Å²) in [5.74, 6) is 1.40. The van der Waals surface area contributed by atoms with Crippen LogP contribution < -0.4 is 16.2 Å². The van der Waals surface area contributed by atoms with Crippen LogP contribution in [0.25, 0.3) is 0 Å². The molecule has 3 aliphatic rings. The van der Waals surface area contributed by atoms with Gasteiger partial charge in [0.1, 0.15) is 11.6 Å². The van der Waals surface area contributed by atoms with Crippen molar-refractivity contribution in [2.45, 2.75) is 52.2 Å². The molecule has 0 unspecified atom stereocenters. The van der Waals surface area contributed by atoms with Crippen LogP contribution in [0.1, 0.15) is 45.2 Å². The number of aromatic nitrogens is 2. The molecule has 172 valence electrons. The fourth-order valence-corrected chi connectivity index (χ4v) is 5.72. The molecule has 32 heavy (non-hydrogen) atoms. The number of benzene rings is 1. The molecule has 3 fully saturated rings. The maximum absolute atomic E-state index is 12.7. The standard InChI is InChI=1S/C24H31ClN4O3/c1-14-17-9-16(24(17,2)3)10-18(14)27-19-11-26-29(23(32)22(19)25)12-21(31)28-20(13-30)15-7-5-4-6-8-15/h4-8,11,14,16-18,20,27,30H,9-10,12-13H2,1-3H3,(H,28,31)/t14-,16-,17+,18-,20+/m1/s1. The van der Waals surface area contributed by atoms with E-state index in [1.54, 1.807) is 0 Å². The van der Waals surface area contributed by atoms with E-state index in [2.05, 4.69) is 36.5 Å². The van der Waals surface area contributed by atoms with Crippen LogP contribution >= 0.6 is 11.6 Å². The van der Waals surface area contributed by atoms with Crippen molar-refractivity contribution in [3.05, 3.63) is 57.5 Å². The number of halogens is 1. The van der Waals surface area contributed by atoms with Gasteiger partial charge in [0.15, 0.2) is 0 Å². The average molecular weight is 459 g/mol. The number of aliphatic hydroxyl groups is 1. The predicted octanol–water partition coefficient (Wildman–Crippen LogP) is 3.23. The van der Waals surface area contributed by atoms with Gasteiger partial charge in [-0.3, -0.25) is 9.59 Å². The maximum atomic E-state index is 12.7. The Hall–Kier alpha value is -2.38. The number of fused-ring (bicyclic) bond motifs is 2. The summed E-state index contributed by atoms with van der Waals surface area (Å²) in [6, 6.07) is 8.86. The SMILES string of the molecule is C[C@H]1[C@H](Nc2cnn(CC(=O)N[C@@H](CO)c3ccccc3)c(=O)c2Cl)C[C@H]2C[C@@H]1C2(C)C. The van der Waals surface area contributed by atoms with Gasteiger partial charge in [0, 0.05) is 6.04 Å². The van der Waals surface area contributed by atoms with Gasteiger partial charge in [0.25, 0.3) is 5.56 Å². The van der Waals surface area contributed by atoms with Gasteiger partial charge in [0.05, 0.1) is 24.5 Å². The number of aliphatic hydroxyl groups excluding tert-OH is 1. The van der Waals surface area contributed by atoms with Crippen molar-refractivity contribution in [3.63, 3.8) is 0 Å². The topological polar surface area (TPSA) is 96.2 Å². The van der Waals surface area contributed by atoms with E-state index in [0.29, 0.717) is 28.9 Å². The van der Waals surface area contributed by atoms with Crippen molar-refractivity contribution in [1.29, 1.82) is 0 Å². The zero-order valence-corrected chi connectivity index (χ0v) is 19.5. The zero-order chi connectivity index (χ0) is 23.0. The van der Waals surface area contributed by atoms with Gasteiger partial charge in [-0.05, 0) is 41.6 Å². The van der Waals surface area contributed by atoms with Crippen molar-refractivity contribution in [2.75, 3.05) is 11.9 Å². The summed E-state index contributed by atoms with van der Waals surface area (Å²) in [5, 5.41) is 20.0. The molecule has 0 saturated heterocycles. The molecule has 1 amide bonds. The minimum absolute atomic E-state index is 0.0419. The van der Waals surface area contributed by atoms with Crippen molar-refractivity contribution < 1.29 is 9.90 Å². The number of nitrogens with zero attached hydrogens (tertiary/aromatic N) is 2. The smallest absolute Gasteiger partial charge is 0.288 e. The lowest BCUT2D eigenvalue weighted by Gasteiger charge is -2.62. The van der Waals surface area contributed by atoms with Gasteiger partial charge in [-0.25, -0.2) is 4.68 Å². The molecular formula is C24H31ClN4O3. The minimum atomic E-state index is -0.556. The normalized spacial score (nSPS) is 26.7. The first-order chi connectivity index (χ1) is 15.2. The Morgan fingerprint density at radius 1 is 1.31 bits per heavy atom. The number of hydrogen-bond acceptors (Lipinski definition) is 5. The third kappa shape index (κ3) is 4.16. The van der Waals surface area contributed by atoms with Crippen LogP contribution in [-0.2, 0) is 11.3 Å². The lowest BCUT2D eigenvalue weighted by molar-refractivity contribution is -0.123. The van der Waals surface area contributed by atoms with E-state index in [4.69, 9.17) is 11.6 Å². The van der Waals surface area contributed by atoms with Crippen molar-refractivity contribution in [1.82, 2.24) is 15.1 Å². The summed E-state index contributed by atoms with van der Waals surface area (Å²) < 4.78 is 1.05. The summed E-state index contributed by atoms with van der Waals surface area (Å²) in [6.45, 7) is 6.42. The minimum Gasteiger partial charge on any atom is -0.394 e. The van der Waals surface area contributed by atoms with Crippen molar-refractivity contribution in [3.8, 4) is 0 Å². The number of carbonyl (C=O) groups is 1. The Kier molecular flexibility index (Phi) is 6.32. The lowest BCUT2D eigenvalue weighted by atomic mass is 9.45. The summed E-state index contributed by atoms with van der Waals surface area (Å²) in [7, 11) is 0. The van der Waals surface area contributed by atoms with Gasteiger partial charge >= 0.3 is 0 Å². The molecule has 5 rings (SSSR count). The van der Waals surface area contributed by atoms with E-state index in [0.717, 1.165) is 16.7 Å². The monoisotopic (exact) mass is 458 g/mol. The van der Waals surface area contributed by atoms with Gasteiger partial charge in [-0.1, -0.05) is 62.7 Å². The maximum Gasteiger partial charge on any atom is 0.288 e. The molecule has 1 aromatic carbocycles. The van der Waals surface area contributed by atoms with Crippen LogP contribution in [0.2, 0.25) is 5.02 Å². The molecule has 0 spiro atoms. The molecular weight excluding hydrogens is 428 g/mol. The predicted molar refractivity (Wildman–Crippen MR) is 124 cm³/mol. The molecule has 7 nitrogen and oxygen atoms in total. The molecule has 1 aromatic heterocycles. The third-order valence-electron chi connectivity index (χ3n) is 7.69. The Balaban J connectivity index is 1.42. The van der Waals surface area contributed by atoms with E-state index < -0.39 is 17.5 Å². The number of anilines is 1. The molecule has 2 aromatic rings. The summed E-state index contributed by atoms with van der Waals surface area (Å²) in [6.07, 6.45) is 3.84. The van der Waals surface area contributed by atoms with E-state index >= 15 is 0 Å². The van der Waals surface area contributed by atoms with E-state index in [1.165, 1.54) is 12.6 Å². The molecule has 1 heterocycles. The van der Waals surface area contributed by atoms with Crippen LogP contribution in [0.15, 0.2) is 41.3 Å². The molecule has 2 bridgehead atoms. The van der Waals surface area contributed by atoms with Gasteiger partial charge in [-0.2, -0.15) is 5.10 Å². The van der Waals surface area contributed by atoms with E-state index in [9.17, 15) is 14.7 Å². The van der Waals surface area contributed by atoms with Crippen molar-refractivity contribution in [2.24, 2.45) is 23.2 Å². The first-order valence-corrected chi connectivity index (χ1v) is 11.6. The Labute approximate surface area is 193 Å². The summed E-state index contributed by atoms with van der Waals surface area (Å²) in [5.41, 5.74) is 1.16. The molecule has 8 heteroatoms. The van der Waals surface area contributed by atoms with Crippen molar-refractivity contribution >= 4 is 23.2 Å². The number of hydrogen-bond donors (Lipinski definition) is 3. The highest BCUT2D eigenvalue weighted by Gasteiger charge is 2.56. The molecule has 3 saturated carbocycles. The molecule has 3 N–H and O–H groups in total. The Morgan fingerprint density at radius 3 is 2.66 bits per heavy atom. The molecule has 5 atom stereocenters.